The zero-order chi connectivity index (χ0) is 13.5. The number of nitrogens with one attached hydrogen (secondary N) is 1. The fourth-order valence-electron chi connectivity index (χ4n) is 2.59. The minimum Gasteiger partial charge on any atom is -0.376 e. The third-order valence-electron chi connectivity index (χ3n) is 3.37. The van der Waals surface area contributed by atoms with Gasteiger partial charge in [-0.1, -0.05) is 47.5 Å². The van der Waals surface area contributed by atoms with E-state index in [1.807, 2.05) is 0 Å². The van der Waals surface area contributed by atoms with E-state index < -0.39 is 0 Å². The molecule has 3 unspecified atom stereocenters. The zero-order valence-electron chi connectivity index (χ0n) is 13.0. The van der Waals surface area contributed by atoms with Crippen molar-refractivity contribution in [2.75, 3.05) is 13.7 Å². The Morgan fingerprint density at radius 2 is 1.76 bits per heavy atom. The third kappa shape index (κ3) is 6.42. The van der Waals surface area contributed by atoms with E-state index in [0.29, 0.717) is 6.04 Å². The lowest BCUT2D eigenvalue weighted by Crippen LogP contribution is -2.47. The summed E-state index contributed by atoms with van der Waals surface area (Å²) in [5.74, 6) is 0.766. The molecule has 0 aliphatic carbocycles. The van der Waals surface area contributed by atoms with Gasteiger partial charge in [-0.3, -0.25) is 0 Å². The van der Waals surface area contributed by atoms with Gasteiger partial charge >= 0.3 is 0 Å². The standard InChI is InChI=1S/C15H33NO/c1-8-10-12(3)11-13(16-7)14(17-9-2)15(4,5)6/h12-14,16H,8-11H2,1-7H3. The van der Waals surface area contributed by atoms with Crippen molar-refractivity contribution in [1.29, 1.82) is 0 Å². The normalized spacial score (nSPS) is 17.8. The molecule has 0 saturated heterocycles. The highest BCUT2D eigenvalue weighted by molar-refractivity contribution is 4.86. The first-order chi connectivity index (χ1) is 7.86. The van der Waals surface area contributed by atoms with E-state index in [0.717, 1.165) is 12.5 Å². The Bertz CT molecular complexity index is 186. The highest BCUT2D eigenvalue weighted by atomic mass is 16.5. The van der Waals surface area contributed by atoms with Gasteiger partial charge in [0.25, 0.3) is 0 Å². The van der Waals surface area contributed by atoms with Crippen molar-refractivity contribution in [3.05, 3.63) is 0 Å². The predicted molar refractivity (Wildman–Crippen MR) is 76.4 cm³/mol. The molecule has 0 radical (unpaired) electrons. The van der Waals surface area contributed by atoms with Gasteiger partial charge in [0.05, 0.1) is 6.10 Å². The average molecular weight is 243 g/mol. The summed E-state index contributed by atoms with van der Waals surface area (Å²) >= 11 is 0. The largest absolute Gasteiger partial charge is 0.376 e. The molecule has 0 saturated carbocycles. The Morgan fingerprint density at radius 1 is 1.18 bits per heavy atom. The first-order valence-electron chi connectivity index (χ1n) is 7.15. The fourth-order valence-corrected chi connectivity index (χ4v) is 2.59. The van der Waals surface area contributed by atoms with Crippen LogP contribution in [0.25, 0.3) is 0 Å². The maximum atomic E-state index is 5.98. The van der Waals surface area contributed by atoms with Gasteiger partial charge in [-0.15, -0.1) is 0 Å². The summed E-state index contributed by atoms with van der Waals surface area (Å²) in [7, 11) is 2.06. The van der Waals surface area contributed by atoms with Crippen LogP contribution >= 0.6 is 0 Å². The quantitative estimate of drug-likeness (QED) is 0.699. The van der Waals surface area contributed by atoms with Crippen LogP contribution in [0.3, 0.4) is 0 Å². The van der Waals surface area contributed by atoms with Crippen LogP contribution in [0.1, 0.15) is 60.8 Å². The molecule has 0 aromatic heterocycles. The summed E-state index contributed by atoms with van der Waals surface area (Å²) in [6, 6.07) is 0.455. The van der Waals surface area contributed by atoms with Crippen LogP contribution in [0, 0.1) is 11.3 Å². The summed E-state index contributed by atoms with van der Waals surface area (Å²) in [6.45, 7) is 14.3. The molecule has 3 atom stereocenters. The monoisotopic (exact) mass is 243 g/mol. The Morgan fingerprint density at radius 3 is 2.12 bits per heavy atom. The molecule has 0 rings (SSSR count). The SMILES string of the molecule is CCCC(C)CC(NC)C(OCC)C(C)(C)C. The highest BCUT2D eigenvalue weighted by Gasteiger charge is 2.32. The Balaban J connectivity index is 4.56. The second-order valence-corrected chi connectivity index (χ2v) is 6.27. The average Bonchev–Trinajstić information content (AvgIpc) is 2.22. The molecule has 0 aromatic carbocycles. The van der Waals surface area contributed by atoms with E-state index in [9.17, 15) is 0 Å². The van der Waals surface area contributed by atoms with Crippen molar-refractivity contribution in [3.63, 3.8) is 0 Å². The van der Waals surface area contributed by atoms with Gasteiger partial charge in [-0.25, -0.2) is 0 Å². The summed E-state index contributed by atoms with van der Waals surface area (Å²) < 4.78 is 5.98. The number of ether oxygens (including phenoxy) is 1. The topological polar surface area (TPSA) is 21.3 Å². The smallest absolute Gasteiger partial charge is 0.0775 e. The maximum Gasteiger partial charge on any atom is 0.0775 e. The van der Waals surface area contributed by atoms with Gasteiger partial charge in [0.2, 0.25) is 0 Å². The van der Waals surface area contributed by atoms with E-state index in [2.05, 4.69) is 53.9 Å². The van der Waals surface area contributed by atoms with Crippen LogP contribution in [-0.4, -0.2) is 25.8 Å². The summed E-state index contributed by atoms with van der Waals surface area (Å²) in [5, 5.41) is 3.46. The zero-order valence-corrected chi connectivity index (χ0v) is 13.0. The van der Waals surface area contributed by atoms with Crippen molar-refractivity contribution < 1.29 is 4.74 Å². The Labute approximate surface area is 109 Å². The van der Waals surface area contributed by atoms with Crippen molar-refractivity contribution >= 4 is 0 Å². The molecule has 0 heterocycles. The summed E-state index contributed by atoms with van der Waals surface area (Å²) in [6.07, 6.45) is 4.07. The van der Waals surface area contributed by atoms with Gasteiger partial charge in [0, 0.05) is 12.6 Å². The van der Waals surface area contributed by atoms with Gasteiger partial charge in [0.15, 0.2) is 0 Å². The van der Waals surface area contributed by atoms with Crippen LogP contribution in [0.5, 0.6) is 0 Å². The molecule has 2 nitrogen and oxygen atoms in total. The molecule has 2 heteroatoms. The van der Waals surface area contributed by atoms with Crippen molar-refractivity contribution in [1.82, 2.24) is 5.32 Å². The summed E-state index contributed by atoms with van der Waals surface area (Å²) in [5.41, 5.74) is 0.190. The summed E-state index contributed by atoms with van der Waals surface area (Å²) in [4.78, 5) is 0. The van der Waals surface area contributed by atoms with Crippen molar-refractivity contribution in [3.8, 4) is 0 Å². The molecule has 17 heavy (non-hydrogen) atoms. The van der Waals surface area contributed by atoms with Crippen molar-refractivity contribution in [2.24, 2.45) is 11.3 Å². The molecule has 0 amide bonds. The third-order valence-corrected chi connectivity index (χ3v) is 3.37. The Hall–Kier alpha value is -0.0800. The fraction of sp³-hybridized carbons (Fsp3) is 1.00. The van der Waals surface area contributed by atoms with Gasteiger partial charge < -0.3 is 10.1 Å². The Kier molecular flexibility index (Phi) is 8.06. The number of rotatable bonds is 8. The van der Waals surface area contributed by atoms with Gasteiger partial charge in [-0.05, 0) is 31.7 Å². The highest BCUT2D eigenvalue weighted by Crippen LogP contribution is 2.28. The van der Waals surface area contributed by atoms with Crippen LogP contribution in [0.4, 0.5) is 0 Å². The molecule has 0 spiro atoms. The number of hydrogen-bond acceptors (Lipinski definition) is 2. The minimum absolute atomic E-state index is 0.190. The van der Waals surface area contributed by atoms with Crippen LogP contribution < -0.4 is 5.32 Å². The molecular weight excluding hydrogens is 210 g/mol. The van der Waals surface area contributed by atoms with Crippen LogP contribution in [-0.2, 0) is 4.74 Å². The van der Waals surface area contributed by atoms with E-state index >= 15 is 0 Å². The van der Waals surface area contributed by atoms with E-state index in [1.54, 1.807) is 0 Å². The van der Waals surface area contributed by atoms with Crippen molar-refractivity contribution in [2.45, 2.75) is 73.0 Å². The number of hydrogen-bond donors (Lipinski definition) is 1. The molecule has 0 aliphatic rings. The van der Waals surface area contributed by atoms with E-state index in [-0.39, 0.29) is 11.5 Å². The number of likely N-dealkylation sites (N-methyl/N-ethyl adjacent to an activating group) is 1. The molecule has 0 aliphatic heterocycles. The molecule has 104 valence electrons. The lowest BCUT2D eigenvalue weighted by molar-refractivity contribution is -0.0387. The van der Waals surface area contributed by atoms with E-state index in [1.165, 1.54) is 19.3 Å². The molecule has 0 aromatic rings. The van der Waals surface area contributed by atoms with Crippen LogP contribution in [0.2, 0.25) is 0 Å². The molecule has 1 N–H and O–H groups in total. The maximum absolute atomic E-state index is 5.98. The first-order valence-corrected chi connectivity index (χ1v) is 7.15. The molecule has 0 bridgehead atoms. The predicted octanol–water partition coefficient (Wildman–Crippen LogP) is 3.85. The van der Waals surface area contributed by atoms with Gasteiger partial charge in [-0.2, -0.15) is 0 Å². The second-order valence-electron chi connectivity index (χ2n) is 6.27. The lowest BCUT2D eigenvalue weighted by atomic mass is 9.81. The second kappa shape index (κ2) is 8.10. The molecular formula is C15H33NO. The van der Waals surface area contributed by atoms with E-state index in [4.69, 9.17) is 4.74 Å². The van der Waals surface area contributed by atoms with Crippen LogP contribution in [0.15, 0.2) is 0 Å². The first kappa shape index (κ1) is 16.9. The minimum atomic E-state index is 0.190. The van der Waals surface area contributed by atoms with Gasteiger partial charge in [0.1, 0.15) is 0 Å². The molecule has 0 fully saturated rings. The lowest BCUT2D eigenvalue weighted by Gasteiger charge is -2.37.